The number of Topliss-reactive ketones (excluding diaryl/α,β-unsaturated/α-hetero) is 1. The summed E-state index contributed by atoms with van der Waals surface area (Å²) in [5.41, 5.74) is -0.608. The van der Waals surface area contributed by atoms with Gasteiger partial charge in [0.2, 0.25) is 0 Å². The number of carbonyl (C=O) groups excluding carboxylic acids is 3. The van der Waals surface area contributed by atoms with Gasteiger partial charge in [-0.25, -0.2) is 22.6 Å². The van der Waals surface area contributed by atoms with Gasteiger partial charge in [-0.2, -0.15) is 0 Å². The topological polar surface area (TPSA) is 97.6 Å². The highest BCUT2D eigenvalue weighted by Crippen LogP contribution is 2.45. The number of amides is 2. The Bertz CT molecular complexity index is 1630. The molecule has 2 fully saturated rings. The molecule has 3 aromatic rings. The molecule has 3 heterocycles. The Morgan fingerprint density at radius 2 is 1.67 bits per heavy atom. The van der Waals surface area contributed by atoms with Crippen molar-refractivity contribution in [2.75, 3.05) is 19.6 Å². The molecule has 2 saturated heterocycles. The Morgan fingerprint density at radius 1 is 1.02 bits per heavy atom. The Hall–Kier alpha value is -4.22. The van der Waals surface area contributed by atoms with Gasteiger partial charge in [0, 0.05) is 55.6 Å². The van der Waals surface area contributed by atoms with E-state index in [9.17, 15) is 27.6 Å². The third-order valence-corrected chi connectivity index (χ3v) is 9.10. The second kappa shape index (κ2) is 12.2. The maximum absolute atomic E-state index is 14.7. The van der Waals surface area contributed by atoms with E-state index < -0.39 is 46.1 Å². The van der Waals surface area contributed by atoms with Gasteiger partial charge in [0.25, 0.3) is 5.91 Å². The van der Waals surface area contributed by atoms with E-state index in [4.69, 9.17) is 4.74 Å². The minimum Gasteiger partial charge on any atom is -0.444 e. The van der Waals surface area contributed by atoms with Gasteiger partial charge in [-0.05, 0) is 65.7 Å². The van der Waals surface area contributed by atoms with Crippen molar-refractivity contribution in [3.8, 4) is 0 Å². The maximum Gasteiger partial charge on any atom is 0.410 e. The average Bonchev–Trinajstić information content (AvgIpc) is 3.71. The van der Waals surface area contributed by atoms with E-state index in [2.05, 4.69) is 10.3 Å². The largest absolute Gasteiger partial charge is 0.444 e. The molecule has 2 aliphatic rings. The number of halogens is 3. The zero-order chi connectivity index (χ0) is 33.6. The van der Waals surface area contributed by atoms with E-state index in [0.717, 1.165) is 17.7 Å². The molecule has 2 aliphatic heterocycles. The Morgan fingerprint density at radius 3 is 2.30 bits per heavy atom. The van der Waals surface area contributed by atoms with Gasteiger partial charge in [-0.3, -0.25) is 9.59 Å². The van der Waals surface area contributed by atoms with E-state index in [1.54, 1.807) is 57.8 Å². The van der Waals surface area contributed by atoms with Crippen molar-refractivity contribution in [2.45, 2.75) is 89.8 Å². The summed E-state index contributed by atoms with van der Waals surface area (Å²) in [5, 5.41) is 8.63. The number of aryl methyl sites for hydroxylation is 2. The molecule has 246 valence electrons. The lowest BCUT2D eigenvalue weighted by molar-refractivity contribution is -0.144. The van der Waals surface area contributed by atoms with Crippen molar-refractivity contribution in [3.05, 3.63) is 82.4 Å². The average molecular weight is 640 g/mol. The molecular weight excluding hydrogens is 599 g/mol. The van der Waals surface area contributed by atoms with Crippen LogP contribution in [0, 0.1) is 24.4 Å². The Kier molecular flexibility index (Phi) is 8.78. The summed E-state index contributed by atoms with van der Waals surface area (Å²) in [6, 6.07) is 9.29. The highest BCUT2D eigenvalue weighted by molar-refractivity contribution is 5.96. The number of hydrogen-bond acceptors (Lipinski definition) is 6. The molecule has 5 rings (SSSR count). The van der Waals surface area contributed by atoms with Crippen LogP contribution in [0.15, 0.2) is 42.6 Å². The summed E-state index contributed by atoms with van der Waals surface area (Å²) in [4.78, 5) is 43.7. The van der Waals surface area contributed by atoms with E-state index in [1.165, 1.54) is 9.58 Å². The fourth-order valence-corrected chi connectivity index (χ4v) is 6.54. The summed E-state index contributed by atoms with van der Waals surface area (Å²) >= 11 is 0. The van der Waals surface area contributed by atoms with Crippen LogP contribution in [0.25, 0.3) is 0 Å². The molecule has 0 bridgehead atoms. The number of rotatable bonds is 7. The third kappa shape index (κ3) is 6.39. The molecule has 2 unspecified atom stereocenters. The summed E-state index contributed by atoms with van der Waals surface area (Å²) < 4.78 is 49.2. The van der Waals surface area contributed by atoms with Crippen molar-refractivity contribution in [3.63, 3.8) is 0 Å². The second-order valence-corrected chi connectivity index (χ2v) is 13.9. The van der Waals surface area contributed by atoms with Gasteiger partial charge >= 0.3 is 6.09 Å². The summed E-state index contributed by atoms with van der Waals surface area (Å²) in [5.74, 6) is -4.97. The SMILES string of the molecule is Cc1ccc(C(=O)CCc2cn(C3(C(=O)N4CCC(c5cc(F)c(F)c(F)c5)C4(C)C)CCN(C(=O)OC(C)(C)C)C3)nn2)cc1. The molecule has 46 heavy (non-hydrogen) atoms. The first kappa shape index (κ1) is 33.2. The standard InChI is InChI=1S/C34H40F3N5O4/c1-21-7-9-22(10-8-21)28(43)12-11-24-19-42(39-38-24)34(14-16-40(20-34)31(45)46-32(2,3)4)30(44)41-15-13-25(33(41,5)6)23-17-26(35)29(37)27(36)18-23/h7-10,17-19,25H,11-16,20H2,1-6H3. The monoisotopic (exact) mass is 639 g/mol. The zero-order valence-electron chi connectivity index (χ0n) is 27.1. The van der Waals surface area contributed by atoms with Crippen LogP contribution in [0.2, 0.25) is 0 Å². The molecule has 0 radical (unpaired) electrons. The van der Waals surface area contributed by atoms with Crippen molar-refractivity contribution >= 4 is 17.8 Å². The van der Waals surface area contributed by atoms with Crippen LogP contribution < -0.4 is 0 Å². The molecule has 9 nitrogen and oxygen atoms in total. The number of hydrogen-bond donors (Lipinski definition) is 0. The van der Waals surface area contributed by atoms with Gasteiger partial charge in [0.05, 0.1) is 12.2 Å². The van der Waals surface area contributed by atoms with Crippen LogP contribution in [-0.2, 0) is 21.5 Å². The minimum atomic E-state index is -1.54. The van der Waals surface area contributed by atoms with Crippen LogP contribution in [0.3, 0.4) is 0 Å². The fourth-order valence-electron chi connectivity index (χ4n) is 6.54. The van der Waals surface area contributed by atoms with Gasteiger partial charge in [0.1, 0.15) is 5.60 Å². The summed E-state index contributed by atoms with van der Waals surface area (Å²) in [6.07, 6.45) is 2.17. The van der Waals surface area contributed by atoms with Gasteiger partial charge in [-0.1, -0.05) is 35.0 Å². The lowest BCUT2D eigenvalue weighted by Crippen LogP contribution is -2.57. The van der Waals surface area contributed by atoms with Crippen LogP contribution in [-0.4, -0.2) is 73.4 Å². The fraction of sp³-hybridized carbons (Fsp3) is 0.500. The lowest BCUT2D eigenvalue weighted by Gasteiger charge is -2.41. The molecule has 0 aliphatic carbocycles. The number of nitrogens with zero attached hydrogens (tertiary/aromatic N) is 5. The predicted octanol–water partition coefficient (Wildman–Crippen LogP) is 5.95. The second-order valence-electron chi connectivity index (χ2n) is 13.9. The van der Waals surface area contributed by atoms with Crippen molar-refractivity contribution < 1.29 is 32.3 Å². The third-order valence-electron chi connectivity index (χ3n) is 9.10. The molecule has 2 atom stereocenters. The highest BCUT2D eigenvalue weighted by atomic mass is 19.2. The van der Waals surface area contributed by atoms with Crippen LogP contribution >= 0.6 is 0 Å². The number of ether oxygens (including phenoxy) is 1. The first-order valence-corrected chi connectivity index (χ1v) is 15.5. The van der Waals surface area contributed by atoms with Crippen molar-refractivity contribution in [1.29, 1.82) is 0 Å². The van der Waals surface area contributed by atoms with Crippen molar-refractivity contribution in [2.24, 2.45) is 0 Å². The summed E-state index contributed by atoms with van der Waals surface area (Å²) in [7, 11) is 0. The van der Waals surface area contributed by atoms with Crippen LogP contribution in [0.1, 0.15) is 87.0 Å². The first-order valence-electron chi connectivity index (χ1n) is 15.5. The van der Waals surface area contributed by atoms with E-state index in [0.29, 0.717) is 24.1 Å². The quantitative estimate of drug-likeness (QED) is 0.234. The Labute approximate surface area is 266 Å². The van der Waals surface area contributed by atoms with E-state index in [1.807, 2.05) is 19.1 Å². The van der Waals surface area contributed by atoms with Crippen LogP contribution in [0.5, 0.6) is 0 Å². The molecule has 2 amide bonds. The number of aromatic nitrogens is 3. The maximum atomic E-state index is 14.7. The molecule has 12 heteroatoms. The Balaban J connectivity index is 1.43. The normalized spacial score (nSPS) is 21.1. The smallest absolute Gasteiger partial charge is 0.410 e. The van der Waals surface area contributed by atoms with E-state index >= 15 is 0 Å². The first-order chi connectivity index (χ1) is 21.5. The number of carbonyl (C=O) groups is 3. The van der Waals surface area contributed by atoms with Gasteiger partial charge < -0.3 is 14.5 Å². The van der Waals surface area contributed by atoms with E-state index in [-0.39, 0.29) is 49.7 Å². The molecule has 2 aromatic carbocycles. The van der Waals surface area contributed by atoms with Crippen LogP contribution in [0.4, 0.5) is 18.0 Å². The molecule has 1 aromatic heterocycles. The molecule has 0 spiro atoms. The van der Waals surface area contributed by atoms with Crippen molar-refractivity contribution in [1.82, 2.24) is 24.8 Å². The number of ketones is 1. The number of likely N-dealkylation sites (tertiary alicyclic amines) is 2. The highest BCUT2D eigenvalue weighted by Gasteiger charge is 2.56. The number of benzene rings is 2. The zero-order valence-corrected chi connectivity index (χ0v) is 27.1. The summed E-state index contributed by atoms with van der Waals surface area (Å²) in [6.45, 7) is 11.3. The molecule has 0 saturated carbocycles. The lowest BCUT2D eigenvalue weighted by atomic mass is 9.82. The minimum absolute atomic E-state index is 0.0388. The van der Waals surface area contributed by atoms with Gasteiger partial charge in [0.15, 0.2) is 28.8 Å². The van der Waals surface area contributed by atoms with Gasteiger partial charge in [-0.15, -0.1) is 5.10 Å². The predicted molar refractivity (Wildman–Crippen MR) is 164 cm³/mol. The molecular formula is C34H40F3N5O4. The molecule has 0 N–H and O–H groups in total.